The largest absolute Gasteiger partial charge is 0.280 e. The molecule has 136 valence electrons. The monoisotopic (exact) mass is 372 g/mol. The Labute approximate surface area is 154 Å². The highest BCUT2D eigenvalue weighted by Gasteiger charge is 2.19. The van der Waals surface area contributed by atoms with Crippen molar-refractivity contribution in [2.45, 2.75) is 41.2 Å². The zero-order valence-electron chi connectivity index (χ0n) is 15.3. The molecule has 9 heteroatoms. The Bertz CT molecular complexity index is 1020. The summed E-state index contributed by atoms with van der Waals surface area (Å²) in [7, 11) is 0. The summed E-state index contributed by atoms with van der Waals surface area (Å²) < 4.78 is 1.59. The molecule has 26 heavy (non-hydrogen) atoms. The van der Waals surface area contributed by atoms with Crippen molar-refractivity contribution < 1.29 is 9.59 Å². The van der Waals surface area contributed by atoms with Crippen molar-refractivity contribution >= 4 is 33.4 Å². The molecule has 3 heterocycles. The summed E-state index contributed by atoms with van der Waals surface area (Å²) in [5.41, 5.74) is 8.28. The summed E-state index contributed by atoms with van der Waals surface area (Å²) >= 11 is 1.29. The first-order valence-electron chi connectivity index (χ1n) is 8.11. The highest BCUT2D eigenvalue weighted by molar-refractivity contribution is 7.20. The van der Waals surface area contributed by atoms with E-state index in [2.05, 4.69) is 25.9 Å². The number of nitrogens with zero attached hydrogens (tertiary/aromatic N) is 4. The van der Waals surface area contributed by atoms with Crippen LogP contribution >= 0.6 is 11.3 Å². The van der Waals surface area contributed by atoms with E-state index in [1.165, 1.54) is 11.3 Å². The van der Waals surface area contributed by atoms with Crippen LogP contribution < -0.4 is 10.9 Å². The number of hydrogen-bond acceptors (Lipinski definition) is 6. The van der Waals surface area contributed by atoms with E-state index in [0.29, 0.717) is 10.7 Å². The molecule has 2 N–H and O–H groups in total. The molecule has 3 rings (SSSR count). The van der Waals surface area contributed by atoms with Gasteiger partial charge in [-0.2, -0.15) is 5.10 Å². The Hall–Kier alpha value is -2.81. The Morgan fingerprint density at radius 2 is 1.85 bits per heavy atom. The SMILES string of the molecule is Cc1cc(C)n(CC(=O)NNC(=O)c2sc3nc(C)nc(C)c3c2C)n1. The maximum absolute atomic E-state index is 12.5. The molecule has 0 aromatic carbocycles. The third-order valence-electron chi connectivity index (χ3n) is 4.00. The summed E-state index contributed by atoms with van der Waals surface area (Å²) in [5, 5.41) is 5.11. The minimum atomic E-state index is -0.371. The zero-order chi connectivity index (χ0) is 19.0. The molecular formula is C17H20N6O2S. The molecule has 0 saturated carbocycles. The van der Waals surface area contributed by atoms with Gasteiger partial charge in [-0.05, 0) is 46.2 Å². The van der Waals surface area contributed by atoms with Crippen molar-refractivity contribution in [2.75, 3.05) is 0 Å². The third-order valence-corrected chi connectivity index (χ3v) is 5.19. The minimum absolute atomic E-state index is 0.0368. The molecule has 3 aromatic heterocycles. The van der Waals surface area contributed by atoms with Crippen molar-refractivity contribution in [3.63, 3.8) is 0 Å². The number of amides is 2. The molecule has 0 saturated heterocycles. The lowest BCUT2D eigenvalue weighted by Crippen LogP contribution is -2.43. The fourth-order valence-electron chi connectivity index (χ4n) is 2.88. The number of nitrogens with one attached hydrogen (secondary N) is 2. The summed E-state index contributed by atoms with van der Waals surface area (Å²) in [6.45, 7) is 9.35. The Morgan fingerprint density at radius 3 is 2.50 bits per heavy atom. The quantitative estimate of drug-likeness (QED) is 0.684. The van der Waals surface area contributed by atoms with Gasteiger partial charge in [0.1, 0.15) is 17.2 Å². The van der Waals surface area contributed by atoms with Crippen LogP contribution in [0.1, 0.15) is 38.1 Å². The van der Waals surface area contributed by atoms with E-state index < -0.39 is 0 Å². The fraction of sp³-hybridized carbons (Fsp3) is 0.353. The molecule has 3 aromatic rings. The van der Waals surface area contributed by atoms with Gasteiger partial charge in [-0.25, -0.2) is 9.97 Å². The second-order valence-corrected chi connectivity index (χ2v) is 7.18. The van der Waals surface area contributed by atoms with E-state index in [9.17, 15) is 9.59 Å². The summed E-state index contributed by atoms with van der Waals surface area (Å²) in [4.78, 5) is 34.6. The van der Waals surface area contributed by atoms with E-state index in [4.69, 9.17) is 0 Å². The first kappa shape index (κ1) is 18.0. The molecule has 0 spiro atoms. The van der Waals surface area contributed by atoms with Gasteiger partial charge in [0.25, 0.3) is 11.8 Å². The number of thiophene rings is 1. The van der Waals surface area contributed by atoms with Gasteiger partial charge in [-0.15, -0.1) is 11.3 Å². The Balaban J connectivity index is 1.71. The predicted molar refractivity (Wildman–Crippen MR) is 98.9 cm³/mol. The molecule has 0 aliphatic rings. The number of rotatable bonds is 3. The van der Waals surface area contributed by atoms with Crippen LogP contribution in [-0.2, 0) is 11.3 Å². The molecule has 0 aliphatic heterocycles. The van der Waals surface area contributed by atoms with Gasteiger partial charge in [-0.3, -0.25) is 25.1 Å². The molecule has 0 aliphatic carbocycles. The van der Waals surface area contributed by atoms with Crippen LogP contribution in [0.5, 0.6) is 0 Å². The highest BCUT2D eigenvalue weighted by Crippen LogP contribution is 2.30. The van der Waals surface area contributed by atoms with Crippen LogP contribution in [0.15, 0.2) is 6.07 Å². The number of aromatic nitrogens is 4. The van der Waals surface area contributed by atoms with Crippen molar-refractivity contribution in [3.8, 4) is 0 Å². The van der Waals surface area contributed by atoms with Crippen molar-refractivity contribution in [1.29, 1.82) is 0 Å². The third kappa shape index (κ3) is 3.43. The number of carbonyl (C=O) groups is 2. The lowest BCUT2D eigenvalue weighted by Gasteiger charge is -2.08. The second-order valence-electron chi connectivity index (χ2n) is 6.18. The summed E-state index contributed by atoms with van der Waals surface area (Å²) in [6, 6.07) is 1.89. The van der Waals surface area contributed by atoms with Crippen molar-refractivity contribution in [1.82, 2.24) is 30.6 Å². The molecule has 0 unspecified atom stereocenters. The fourth-order valence-corrected chi connectivity index (χ4v) is 4.06. The van der Waals surface area contributed by atoms with E-state index in [1.54, 1.807) is 4.68 Å². The van der Waals surface area contributed by atoms with Crippen LogP contribution in [0.25, 0.3) is 10.2 Å². The number of fused-ring (bicyclic) bond motifs is 1. The topological polar surface area (TPSA) is 102 Å². The minimum Gasteiger partial charge on any atom is -0.271 e. The van der Waals surface area contributed by atoms with Crippen LogP contribution in [0.2, 0.25) is 0 Å². The lowest BCUT2D eigenvalue weighted by molar-refractivity contribution is -0.122. The van der Waals surface area contributed by atoms with Crippen LogP contribution in [-0.4, -0.2) is 31.6 Å². The molecule has 0 radical (unpaired) electrons. The van der Waals surface area contributed by atoms with Crippen LogP contribution in [0.3, 0.4) is 0 Å². The summed E-state index contributed by atoms with van der Waals surface area (Å²) in [6.07, 6.45) is 0. The molecule has 0 fully saturated rings. The standard InChI is InChI=1S/C17H20N6O2S/c1-8-6-9(2)23(22-8)7-13(24)20-21-16(25)15-10(3)14-11(4)18-12(5)19-17(14)26-15/h6H,7H2,1-5H3,(H,20,24)(H,21,25). The van der Waals surface area contributed by atoms with Gasteiger partial charge in [-0.1, -0.05) is 0 Å². The van der Waals surface area contributed by atoms with Crippen LogP contribution in [0.4, 0.5) is 0 Å². The predicted octanol–water partition coefficient (Wildman–Crippen LogP) is 1.89. The molecule has 0 atom stereocenters. The Morgan fingerprint density at radius 1 is 1.12 bits per heavy atom. The Kier molecular flexibility index (Phi) is 4.73. The van der Waals surface area contributed by atoms with Crippen LogP contribution in [0, 0.1) is 34.6 Å². The van der Waals surface area contributed by atoms with E-state index >= 15 is 0 Å². The van der Waals surface area contributed by atoms with E-state index in [-0.39, 0.29) is 18.4 Å². The van der Waals surface area contributed by atoms with Gasteiger partial charge in [0.15, 0.2) is 0 Å². The van der Waals surface area contributed by atoms with Crippen molar-refractivity contribution in [3.05, 3.63) is 39.4 Å². The zero-order valence-corrected chi connectivity index (χ0v) is 16.1. The number of aryl methyl sites for hydroxylation is 5. The second kappa shape index (κ2) is 6.83. The lowest BCUT2D eigenvalue weighted by atomic mass is 10.1. The normalized spacial score (nSPS) is 11.0. The van der Waals surface area contributed by atoms with Gasteiger partial charge < -0.3 is 0 Å². The van der Waals surface area contributed by atoms with E-state index in [1.807, 2.05) is 40.7 Å². The van der Waals surface area contributed by atoms with E-state index in [0.717, 1.165) is 32.9 Å². The number of hydrazine groups is 1. The molecule has 2 amide bonds. The first-order chi connectivity index (χ1) is 12.3. The number of carbonyl (C=O) groups excluding carboxylic acids is 2. The van der Waals surface area contributed by atoms with Gasteiger partial charge >= 0.3 is 0 Å². The molecule has 0 bridgehead atoms. The van der Waals surface area contributed by atoms with Gasteiger partial charge in [0, 0.05) is 16.8 Å². The van der Waals surface area contributed by atoms with Gasteiger partial charge in [0.05, 0.1) is 10.6 Å². The summed E-state index contributed by atoms with van der Waals surface area (Å²) in [5.74, 6) is -0.0548. The number of hydrogen-bond donors (Lipinski definition) is 2. The molecular weight excluding hydrogens is 352 g/mol. The maximum Gasteiger partial charge on any atom is 0.280 e. The highest BCUT2D eigenvalue weighted by atomic mass is 32.1. The van der Waals surface area contributed by atoms with Gasteiger partial charge in [0.2, 0.25) is 0 Å². The average Bonchev–Trinajstić information content (AvgIpc) is 3.04. The molecule has 8 nitrogen and oxygen atoms in total. The maximum atomic E-state index is 12.5. The smallest absolute Gasteiger partial charge is 0.271 e. The first-order valence-corrected chi connectivity index (χ1v) is 8.92. The van der Waals surface area contributed by atoms with Crippen molar-refractivity contribution in [2.24, 2.45) is 0 Å². The average molecular weight is 372 g/mol.